The van der Waals surface area contributed by atoms with Crippen LogP contribution in [-0.4, -0.2) is 12.6 Å². The van der Waals surface area contributed by atoms with E-state index in [9.17, 15) is 14.4 Å². The van der Waals surface area contributed by atoms with Gasteiger partial charge in [-0.25, -0.2) is 9.18 Å². The number of carbonyl (C=O) groups is 1. The number of rotatable bonds is 6. The minimum Gasteiger partial charge on any atom is -0.462 e. The Morgan fingerprint density at radius 1 is 1.22 bits per heavy atom. The summed E-state index contributed by atoms with van der Waals surface area (Å²) in [5.41, 5.74) is 0.663. The van der Waals surface area contributed by atoms with Crippen LogP contribution in [0.25, 0.3) is 4.91 Å². The second-order valence-corrected chi connectivity index (χ2v) is 7.05. The summed E-state index contributed by atoms with van der Waals surface area (Å²) in [6, 6.07) is 12.9. The minimum absolute atomic E-state index is 0.130. The average Bonchev–Trinajstić information content (AvgIpc) is 2.64. The molecule has 0 saturated carbocycles. The Morgan fingerprint density at radius 3 is 2.52 bits per heavy atom. The fourth-order valence-corrected chi connectivity index (χ4v) is 3.33. The molecule has 138 valence electrons. The molecule has 2 aromatic rings. The van der Waals surface area contributed by atoms with E-state index >= 15 is 0 Å². The fraction of sp³-hybridized carbons (Fsp3) is 0.100. The topological polar surface area (TPSA) is 50.1 Å². The van der Waals surface area contributed by atoms with E-state index in [0.29, 0.717) is 14.8 Å². The van der Waals surface area contributed by atoms with Crippen LogP contribution in [0.2, 0.25) is 10.0 Å². The lowest BCUT2D eigenvalue weighted by atomic mass is 10.2. The first-order valence-electron chi connectivity index (χ1n) is 7.82. The van der Waals surface area contributed by atoms with Crippen molar-refractivity contribution >= 4 is 45.8 Å². The number of thioether (sulfide) groups is 1. The fourth-order valence-electron chi connectivity index (χ4n) is 2.00. The zero-order valence-electron chi connectivity index (χ0n) is 14.2. The van der Waals surface area contributed by atoms with Crippen LogP contribution in [0.5, 0.6) is 0 Å². The average molecular weight is 422 g/mol. The molecule has 0 amide bonds. The van der Waals surface area contributed by atoms with Gasteiger partial charge in [0.05, 0.1) is 11.6 Å². The first kappa shape index (κ1) is 21.0. The number of carbonyl (C=O) groups excluding carboxylic acids is 1. The lowest BCUT2D eigenvalue weighted by Gasteiger charge is -2.09. The highest BCUT2D eigenvalue weighted by Gasteiger charge is 2.11. The van der Waals surface area contributed by atoms with Gasteiger partial charge in [-0.1, -0.05) is 47.1 Å². The lowest BCUT2D eigenvalue weighted by molar-refractivity contribution is -0.138. The van der Waals surface area contributed by atoms with Gasteiger partial charge < -0.3 is 4.74 Å². The van der Waals surface area contributed by atoms with Crippen LogP contribution >= 0.6 is 35.0 Å². The number of nitriles is 1. The molecule has 0 atom stereocenters. The standard InChI is InChI=1S/C20H14Cl2FNO2S/c1-2-26-20(25)14(12-24)5-9-18(13-3-6-15(21)7-4-13)27-19-10-8-16(23)11-17(19)22/h3-11H,2H2,1H3/b14-5+,18-9-. The molecule has 0 spiro atoms. The van der Waals surface area contributed by atoms with E-state index < -0.39 is 11.8 Å². The first-order chi connectivity index (χ1) is 12.9. The van der Waals surface area contributed by atoms with Crippen molar-refractivity contribution in [1.82, 2.24) is 0 Å². The SMILES string of the molecule is CCOC(=O)/C(C#N)=C/C=C(\Sc1ccc(F)cc1Cl)c1ccc(Cl)cc1. The van der Waals surface area contributed by atoms with Crippen molar-refractivity contribution in [2.75, 3.05) is 6.61 Å². The second-order valence-electron chi connectivity index (χ2n) is 5.13. The summed E-state index contributed by atoms with van der Waals surface area (Å²) in [6.07, 6.45) is 3.00. The number of halogens is 3. The van der Waals surface area contributed by atoms with Crippen molar-refractivity contribution in [3.8, 4) is 6.07 Å². The molecule has 0 aliphatic heterocycles. The Morgan fingerprint density at radius 2 is 1.93 bits per heavy atom. The van der Waals surface area contributed by atoms with Crippen LogP contribution in [0.1, 0.15) is 12.5 Å². The summed E-state index contributed by atoms with van der Waals surface area (Å²) >= 11 is 13.3. The highest BCUT2D eigenvalue weighted by Crippen LogP contribution is 2.38. The number of esters is 1. The van der Waals surface area contributed by atoms with Crippen LogP contribution in [0, 0.1) is 17.1 Å². The van der Waals surface area contributed by atoms with Crippen LogP contribution in [0.4, 0.5) is 4.39 Å². The Hall–Kier alpha value is -2.26. The van der Waals surface area contributed by atoms with E-state index in [0.717, 1.165) is 5.56 Å². The van der Waals surface area contributed by atoms with Crippen molar-refractivity contribution in [2.45, 2.75) is 11.8 Å². The first-order valence-corrected chi connectivity index (χ1v) is 9.40. The van der Waals surface area contributed by atoms with Gasteiger partial charge in [0.25, 0.3) is 0 Å². The van der Waals surface area contributed by atoms with Gasteiger partial charge in [0.15, 0.2) is 0 Å². The zero-order chi connectivity index (χ0) is 19.8. The van der Waals surface area contributed by atoms with Gasteiger partial charge in [-0.15, -0.1) is 0 Å². The third kappa shape index (κ3) is 6.14. The molecule has 0 heterocycles. The van der Waals surface area contributed by atoms with Crippen LogP contribution < -0.4 is 0 Å². The van der Waals surface area contributed by atoms with Gasteiger partial charge >= 0.3 is 5.97 Å². The van der Waals surface area contributed by atoms with Crippen molar-refractivity contribution in [2.24, 2.45) is 0 Å². The highest BCUT2D eigenvalue weighted by atomic mass is 35.5. The van der Waals surface area contributed by atoms with E-state index in [1.807, 2.05) is 6.07 Å². The predicted molar refractivity (Wildman–Crippen MR) is 107 cm³/mol. The van der Waals surface area contributed by atoms with Gasteiger partial charge in [0, 0.05) is 14.8 Å². The Labute approximate surface area is 171 Å². The molecule has 0 aliphatic carbocycles. The normalized spacial score (nSPS) is 11.8. The molecular formula is C20H14Cl2FNO2S. The molecule has 0 radical (unpaired) electrons. The Kier molecular flexibility index (Phi) is 7.93. The Bertz CT molecular complexity index is 934. The minimum atomic E-state index is -0.698. The third-order valence-corrected chi connectivity index (χ3v) is 5.10. The zero-order valence-corrected chi connectivity index (χ0v) is 16.5. The van der Waals surface area contributed by atoms with Crippen LogP contribution in [-0.2, 0) is 9.53 Å². The molecule has 0 aromatic heterocycles. The number of hydrogen-bond acceptors (Lipinski definition) is 4. The van der Waals surface area contributed by atoms with Gasteiger partial charge in [0.2, 0.25) is 0 Å². The molecule has 0 bridgehead atoms. The number of benzene rings is 2. The van der Waals surface area contributed by atoms with E-state index in [-0.39, 0.29) is 17.2 Å². The van der Waals surface area contributed by atoms with Gasteiger partial charge in [-0.3, -0.25) is 0 Å². The smallest absolute Gasteiger partial charge is 0.348 e. The molecule has 3 nitrogen and oxygen atoms in total. The van der Waals surface area contributed by atoms with Gasteiger partial charge in [-0.05, 0) is 55.0 Å². The molecule has 7 heteroatoms. The summed E-state index contributed by atoms with van der Waals surface area (Å²) in [7, 11) is 0. The summed E-state index contributed by atoms with van der Waals surface area (Å²) in [6.45, 7) is 1.83. The summed E-state index contributed by atoms with van der Waals surface area (Å²) in [5, 5.41) is 10.0. The van der Waals surface area contributed by atoms with Crippen molar-refractivity contribution in [3.05, 3.63) is 81.6 Å². The maximum atomic E-state index is 13.3. The lowest BCUT2D eigenvalue weighted by Crippen LogP contribution is -2.05. The van der Waals surface area contributed by atoms with Gasteiger partial charge in [-0.2, -0.15) is 5.26 Å². The van der Waals surface area contributed by atoms with E-state index in [1.165, 1.54) is 30.0 Å². The number of ether oxygens (including phenoxy) is 1. The van der Waals surface area contributed by atoms with Crippen molar-refractivity contribution < 1.29 is 13.9 Å². The van der Waals surface area contributed by atoms with E-state index in [4.69, 9.17) is 27.9 Å². The summed E-state index contributed by atoms with van der Waals surface area (Å²) in [5.74, 6) is -1.13. The van der Waals surface area contributed by atoms with Crippen molar-refractivity contribution in [1.29, 1.82) is 5.26 Å². The maximum absolute atomic E-state index is 13.3. The van der Waals surface area contributed by atoms with Crippen molar-refractivity contribution in [3.63, 3.8) is 0 Å². The summed E-state index contributed by atoms with van der Waals surface area (Å²) < 4.78 is 18.1. The highest BCUT2D eigenvalue weighted by molar-refractivity contribution is 8.08. The quantitative estimate of drug-likeness (QED) is 0.181. The molecule has 0 saturated heterocycles. The summed E-state index contributed by atoms with van der Waals surface area (Å²) in [4.78, 5) is 13.1. The number of allylic oxidation sites excluding steroid dienone is 2. The molecule has 0 unspecified atom stereocenters. The maximum Gasteiger partial charge on any atom is 0.348 e. The molecule has 2 rings (SSSR count). The molecule has 2 aromatic carbocycles. The van der Waals surface area contributed by atoms with Gasteiger partial charge in [0.1, 0.15) is 17.5 Å². The van der Waals surface area contributed by atoms with E-state index in [2.05, 4.69) is 0 Å². The number of nitrogens with zero attached hydrogens (tertiary/aromatic N) is 1. The number of hydrogen-bond donors (Lipinski definition) is 0. The predicted octanol–water partition coefficient (Wildman–Crippen LogP) is 6.28. The van der Waals surface area contributed by atoms with E-state index in [1.54, 1.807) is 43.3 Å². The molecule has 0 N–H and O–H groups in total. The molecule has 0 fully saturated rings. The second kappa shape index (κ2) is 10.2. The molecule has 27 heavy (non-hydrogen) atoms. The molecular weight excluding hydrogens is 408 g/mol. The van der Waals surface area contributed by atoms with Crippen LogP contribution in [0.3, 0.4) is 0 Å². The largest absolute Gasteiger partial charge is 0.462 e. The third-order valence-electron chi connectivity index (χ3n) is 3.26. The molecule has 0 aliphatic rings. The monoisotopic (exact) mass is 421 g/mol. The Balaban J connectivity index is 2.44. The van der Waals surface area contributed by atoms with Crippen LogP contribution in [0.15, 0.2) is 65.1 Å².